The minimum atomic E-state index is -0.896. The van der Waals surface area contributed by atoms with E-state index in [1.807, 2.05) is 55.1 Å². The number of alkyl carbamates (subject to hydrolysis) is 1. The number of nitrogens with one attached hydrogen (secondary N) is 1. The van der Waals surface area contributed by atoms with Crippen LogP contribution in [0.2, 0.25) is 0 Å². The maximum Gasteiger partial charge on any atom is 0.407 e. The molecule has 1 amide bonds. The fourth-order valence-electron chi connectivity index (χ4n) is 2.50. The zero-order chi connectivity index (χ0) is 18.9. The van der Waals surface area contributed by atoms with Crippen LogP contribution in [0.5, 0.6) is 0 Å². The van der Waals surface area contributed by atoms with Crippen LogP contribution in [0.15, 0.2) is 42.7 Å². The minimum Gasteiger partial charge on any atom is -0.481 e. The highest BCUT2D eigenvalue weighted by atomic mass is 16.5. The van der Waals surface area contributed by atoms with Crippen LogP contribution in [-0.2, 0) is 22.6 Å². The fourth-order valence-corrected chi connectivity index (χ4v) is 2.50. The van der Waals surface area contributed by atoms with Gasteiger partial charge in [0.1, 0.15) is 6.61 Å². The highest BCUT2D eigenvalue weighted by Crippen LogP contribution is 2.11. The minimum absolute atomic E-state index is 0.0258. The van der Waals surface area contributed by atoms with Crippen molar-refractivity contribution in [2.24, 2.45) is 0 Å². The molecule has 2 aromatic rings. The number of aromatic nitrogens is 2. The molecule has 1 unspecified atom stereocenters. The number of benzene rings is 1. The number of carbonyl (C=O) groups excluding carboxylic acids is 1. The lowest BCUT2D eigenvalue weighted by Crippen LogP contribution is -2.37. The summed E-state index contributed by atoms with van der Waals surface area (Å²) in [6.45, 7) is 4.22. The van der Waals surface area contributed by atoms with Gasteiger partial charge in [-0.05, 0) is 37.8 Å². The first kappa shape index (κ1) is 19.5. The van der Waals surface area contributed by atoms with Crippen molar-refractivity contribution in [3.63, 3.8) is 0 Å². The molecule has 0 radical (unpaired) electrons. The standard InChI is InChI=1S/C19H25N3O4/c1-14(2)22-12-16(11-20-22)10-17(8-9-18(23)24)21-19(25)26-13-15-6-4-3-5-7-15/h3-7,11-12,14,17H,8-10,13H2,1-2H3,(H,21,25)(H,23,24). The van der Waals surface area contributed by atoms with Gasteiger partial charge in [0.15, 0.2) is 0 Å². The van der Waals surface area contributed by atoms with Gasteiger partial charge in [-0.1, -0.05) is 30.3 Å². The van der Waals surface area contributed by atoms with Crippen LogP contribution in [0, 0.1) is 0 Å². The van der Waals surface area contributed by atoms with Gasteiger partial charge in [0.2, 0.25) is 0 Å². The summed E-state index contributed by atoms with van der Waals surface area (Å²) in [4.78, 5) is 23.0. The number of carbonyl (C=O) groups is 2. The molecule has 0 spiro atoms. The Hall–Kier alpha value is -2.83. The van der Waals surface area contributed by atoms with Gasteiger partial charge in [0.25, 0.3) is 0 Å². The van der Waals surface area contributed by atoms with Crippen LogP contribution in [0.25, 0.3) is 0 Å². The van der Waals surface area contributed by atoms with Crippen molar-refractivity contribution in [1.29, 1.82) is 0 Å². The van der Waals surface area contributed by atoms with Gasteiger partial charge in [-0.2, -0.15) is 5.10 Å². The van der Waals surface area contributed by atoms with Crippen LogP contribution in [0.3, 0.4) is 0 Å². The first-order valence-corrected chi connectivity index (χ1v) is 8.66. The lowest BCUT2D eigenvalue weighted by atomic mass is 10.0. The average Bonchev–Trinajstić information content (AvgIpc) is 3.07. The average molecular weight is 359 g/mol. The van der Waals surface area contributed by atoms with E-state index in [0.717, 1.165) is 11.1 Å². The molecule has 1 aromatic carbocycles. The Morgan fingerprint density at radius 2 is 1.96 bits per heavy atom. The van der Waals surface area contributed by atoms with Gasteiger partial charge in [-0.3, -0.25) is 9.48 Å². The number of carboxylic acid groups (broad SMARTS) is 1. The molecule has 2 N–H and O–H groups in total. The molecule has 7 heteroatoms. The molecule has 2 rings (SSSR count). The van der Waals surface area contributed by atoms with Crippen molar-refractivity contribution >= 4 is 12.1 Å². The van der Waals surface area contributed by atoms with E-state index < -0.39 is 12.1 Å². The van der Waals surface area contributed by atoms with E-state index in [1.54, 1.807) is 6.20 Å². The predicted octanol–water partition coefficient (Wildman–Crippen LogP) is 3.17. The number of hydrogen-bond acceptors (Lipinski definition) is 4. The second-order valence-electron chi connectivity index (χ2n) is 6.46. The summed E-state index contributed by atoms with van der Waals surface area (Å²) in [6, 6.07) is 9.29. The first-order chi connectivity index (χ1) is 12.4. The smallest absolute Gasteiger partial charge is 0.407 e. The Balaban J connectivity index is 1.92. The van der Waals surface area contributed by atoms with E-state index in [2.05, 4.69) is 10.4 Å². The molecule has 0 fully saturated rings. The number of carboxylic acids is 1. The molecule has 0 aliphatic heterocycles. The SMILES string of the molecule is CC(C)n1cc(CC(CCC(=O)O)NC(=O)OCc2ccccc2)cn1. The number of nitrogens with zero attached hydrogens (tertiary/aromatic N) is 2. The molecular weight excluding hydrogens is 334 g/mol. The third kappa shape index (κ3) is 6.58. The Bertz CT molecular complexity index is 713. The Kier molecular flexibility index (Phi) is 7.20. The van der Waals surface area contributed by atoms with Gasteiger partial charge in [0.05, 0.1) is 6.20 Å². The number of ether oxygens (including phenoxy) is 1. The van der Waals surface area contributed by atoms with Gasteiger partial charge in [-0.15, -0.1) is 0 Å². The largest absolute Gasteiger partial charge is 0.481 e. The molecule has 140 valence electrons. The Morgan fingerprint density at radius 3 is 2.58 bits per heavy atom. The second kappa shape index (κ2) is 9.60. The first-order valence-electron chi connectivity index (χ1n) is 8.66. The van der Waals surface area contributed by atoms with Crippen LogP contribution in [-0.4, -0.2) is 33.0 Å². The van der Waals surface area contributed by atoms with Crippen molar-refractivity contribution in [3.8, 4) is 0 Å². The third-order valence-electron chi connectivity index (χ3n) is 3.91. The van der Waals surface area contributed by atoms with E-state index >= 15 is 0 Å². The molecular formula is C19H25N3O4. The van der Waals surface area contributed by atoms with Crippen molar-refractivity contribution in [2.45, 2.75) is 51.8 Å². The Morgan fingerprint density at radius 1 is 1.23 bits per heavy atom. The number of rotatable bonds is 9. The van der Waals surface area contributed by atoms with Crippen molar-refractivity contribution < 1.29 is 19.4 Å². The maximum atomic E-state index is 12.1. The highest BCUT2D eigenvalue weighted by Gasteiger charge is 2.17. The predicted molar refractivity (Wildman–Crippen MR) is 96.7 cm³/mol. The second-order valence-corrected chi connectivity index (χ2v) is 6.46. The van der Waals surface area contributed by atoms with Crippen molar-refractivity contribution in [3.05, 3.63) is 53.9 Å². The summed E-state index contributed by atoms with van der Waals surface area (Å²) in [5, 5.41) is 16.0. The monoisotopic (exact) mass is 359 g/mol. The molecule has 0 bridgehead atoms. The summed E-state index contributed by atoms with van der Waals surface area (Å²) in [7, 11) is 0. The third-order valence-corrected chi connectivity index (χ3v) is 3.91. The zero-order valence-corrected chi connectivity index (χ0v) is 15.1. The molecule has 26 heavy (non-hydrogen) atoms. The number of amides is 1. The molecule has 7 nitrogen and oxygen atoms in total. The van der Waals surface area contributed by atoms with Crippen LogP contribution < -0.4 is 5.32 Å². The lowest BCUT2D eigenvalue weighted by molar-refractivity contribution is -0.137. The molecule has 0 aliphatic rings. The fraction of sp³-hybridized carbons (Fsp3) is 0.421. The van der Waals surface area contributed by atoms with E-state index in [0.29, 0.717) is 12.8 Å². The molecule has 1 aromatic heterocycles. The van der Waals surface area contributed by atoms with Gasteiger partial charge >= 0.3 is 12.1 Å². The van der Waals surface area contributed by atoms with Crippen molar-refractivity contribution in [1.82, 2.24) is 15.1 Å². The van der Waals surface area contributed by atoms with Crippen LogP contribution >= 0.6 is 0 Å². The van der Waals surface area contributed by atoms with Gasteiger partial charge in [0, 0.05) is 24.7 Å². The summed E-state index contributed by atoms with van der Waals surface area (Å²) >= 11 is 0. The quantitative estimate of drug-likeness (QED) is 0.717. The maximum absolute atomic E-state index is 12.1. The molecule has 1 heterocycles. The van der Waals surface area contributed by atoms with E-state index in [4.69, 9.17) is 9.84 Å². The molecule has 0 aliphatic carbocycles. The molecule has 0 saturated carbocycles. The summed E-state index contributed by atoms with van der Waals surface area (Å²) in [6.07, 6.45) is 3.89. The summed E-state index contributed by atoms with van der Waals surface area (Å²) in [5.41, 5.74) is 1.83. The number of hydrogen-bond donors (Lipinski definition) is 2. The van der Waals surface area contributed by atoms with Crippen molar-refractivity contribution in [2.75, 3.05) is 0 Å². The molecule has 0 saturated heterocycles. The van der Waals surface area contributed by atoms with E-state index in [1.165, 1.54) is 0 Å². The summed E-state index contributed by atoms with van der Waals surface area (Å²) < 4.78 is 7.06. The normalized spacial score (nSPS) is 12.0. The lowest BCUT2D eigenvalue weighted by Gasteiger charge is -2.17. The number of aliphatic carboxylic acids is 1. The highest BCUT2D eigenvalue weighted by molar-refractivity contribution is 5.68. The molecule has 1 atom stereocenters. The Labute approximate surface area is 153 Å². The van der Waals surface area contributed by atoms with E-state index in [-0.39, 0.29) is 25.1 Å². The zero-order valence-electron chi connectivity index (χ0n) is 15.1. The van der Waals surface area contributed by atoms with Crippen LogP contribution in [0.4, 0.5) is 4.79 Å². The van der Waals surface area contributed by atoms with Gasteiger partial charge < -0.3 is 15.2 Å². The topological polar surface area (TPSA) is 93.5 Å². The summed E-state index contributed by atoms with van der Waals surface area (Å²) in [5.74, 6) is -0.896. The van der Waals surface area contributed by atoms with Gasteiger partial charge in [-0.25, -0.2) is 4.79 Å². The van der Waals surface area contributed by atoms with Crippen LogP contribution in [0.1, 0.15) is 43.9 Å². The van der Waals surface area contributed by atoms with E-state index in [9.17, 15) is 9.59 Å².